The van der Waals surface area contributed by atoms with Gasteiger partial charge in [0.15, 0.2) is 0 Å². The zero-order valence-electron chi connectivity index (χ0n) is 10.1. The van der Waals surface area contributed by atoms with Crippen LogP contribution in [0.15, 0.2) is 12.7 Å². The molecule has 0 aromatic carbocycles. The van der Waals surface area contributed by atoms with E-state index in [2.05, 4.69) is 39.6 Å². The number of rotatable bonds is 5. The molecule has 0 aliphatic carbocycles. The second kappa shape index (κ2) is 4.63. The molecule has 0 heterocycles. The van der Waals surface area contributed by atoms with Crippen LogP contribution in [0.5, 0.6) is 0 Å². The van der Waals surface area contributed by atoms with Gasteiger partial charge in [0, 0.05) is 12.5 Å². The predicted molar refractivity (Wildman–Crippen MR) is 61.1 cm³/mol. The second-order valence-electron chi connectivity index (χ2n) is 4.96. The molecule has 0 radical (unpaired) electrons. The molecule has 1 atom stereocenters. The highest BCUT2D eigenvalue weighted by atomic mass is 16.1. The lowest BCUT2D eigenvalue weighted by molar-refractivity contribution is -0.121. The van der Waals surface area contributed by atoms with Crippen LogP contribution in [0.3, 0.4) is 0 Å². The molecule has 0 bridgehead atoms. The van der Waals surface area contributed by atoms with Gasteiger partial charge < -0.3 is 5.32 Å². The van der Waals surface area contributed by atoms with Crippen LogP contribution in [-0.2, 0) is 4.79 Å². The molecule has 14 heavy (non-hydrogen) atoms. The average Bonchev–Trinajstić information content (AvgIpc) is 2.02. The van der Waals surface area contributed by atoms with Gasteiger partial charge in [-0.15, -0.1) is 6.58 Å². The molecule has 1 unspecified atom stereocenters. The zero-order valence-corrected chi connectivity index (χ0v) is 10.1. The van der Waals surface area contributed by atoms with Crippen molar-refractivity contribution in [3.05, 3.63) is 12.7 Å². The highest BCUT2D eigenvalue weighted by Gasteiger charge is 2.29. The van der Waals surface area contributed by atoms with E-state index in [0.717, 1.165) is 12.8 Å². The molecule has 0 rings (SSSR count). The van der Waals surface area contributed by atoms with Gasteiger partial charge in [-0.25, -0.2) is 0 Å². The Morgan fingerprint density at radius 2 is 1.93 bits per heavy atom. The number of amides is 1. The van der Waals surface area contributed by atoms with Crippen LogP contribution >= 0.6 is 0 Å². The van der Waals surface area contributed by atoms with Crippen molar-refractivity contribution in [1.29, 1.82) is 0 Å². The van der Waals surface area contributed by atoms with E-state index in [1.807, 2.05) is 6.08 Å². The summed E-state index contributed by atoms with van der Waals surface area (Å²) in [5, 5.41) is 3.01. The van der Waals surface area contributed by atoms with Crippen LogP contribution < -0.4 is 5.32 Å². The van der Waals surface area contributed by atoms with Crippen molar-refractivity contribution in [1.82, 2.24) is 5.32 Å². The third kappa shape index (κ3) is 4.45. The van der Waals surface area contributed by atoms with E-state index in [1.54, 1.807) is 6.92 Å². The number of carbonyl (C=O) groups is 1. The van der Waals surface area contributed by atoms with Gasteiger partial charge in [0.25, 0.3) is 0 Å². The van der Waals surface area contributed by atoms with E-state index in [1.165, 1.54) is 0 Å². The zero-order chi connectivity index (χ0) is 11.4. The maximum atomic E-state index is 11.1. The van der Waals surface area contributed by atoms with Gasteiger partial charge in [-0.05, 0) is 25.2 Å². The van der Waals surface area contributed by atoms with Gasteiger partial charge >= 0.3 is 0 Å². The summed E-state index contributed by atoms with van der Waals surface area (Å²) in [5.74, 6) is 0.0363. The number of hydrogen-bond acceptors (Lipinski definition) is 1. The van der Waals surface area contributed by atoms with Crippen LogP contribution in [0.4, 0.5) is 0 Å². The highest BCUT2D eigenvalue weighted by Crippen LogP contribution is 2.30. The lowest BCUT2D eigenvalue weighted by atomic mass is 9.78. The molecule has 0 aromatic heterocycles. The molecule has 82 valence electrons. The second-order valence-corrected chi connectivity index (χ2v) is 4.96. The molecule has 0 aromatic rings. The summed E-state index contributed by atoms with van der Waals surface area (Å²) in [6.07, 6.45) is 3.80. The smallest absolute Gasteiger partial charge is 0.217 e. The van der Waals surface area contributed by atoms with Crippen LogP contribution in [0.25, 0.3) is 0 Å². The summed E-state index contributed by atoms with van der Waals surface area (Å²) in [6.45, 7) is 13.8. The Hall–Kier alpha value is -0.790. The Kier molecular flexibility index (Phi) is 4.37. The van der Waals surface area contributed by atoms with E-state index in [-0.39, 0.29) is 16.9 Å². The Balaban J connectivity index is 4.54. The molecule has 0 fully saturated rings. The minimum absolute atomic E-state index is 0.0363. The van der Waals surface area contributed by atoms with Crippen molar-refractivity contribution in [2.45, 2.75) is 53.0 Å². The molecule has 0 aliphatic rings. The number of nitrogens with one attached hydrogen (secondary N) is 1. The maximum absolute atomic E-state index is 11.1. The Morgan fingerprint density at radius 3 is 2.21 bits per heavy atom. The first-order chi connectivity index (χ1) is 6.24. The summed E-state index contributed by atoms with van der Waals surface area (Å²) >= 11 is 0. The van der Waals surface area contributed by atoms with Crippen LogP contribution in [0, 0.1) is 5.41 Å². The summed E-state index contributed by atoms with van der Waals surface area (Å²) in [5.41, 5.74) is -0.0588. The van der Waals surface area contributed by atoms with Crippen LogP contribution in [0.1, 0.15) is 47.5 Å². The molecular formula is C12H23NO. The number of hydrogen-bond donors (Lipinski definition) is 1. The Labute approximate surface area is 87.8 Å². The summed E-state index contributed by atoms with van der Waals surface area (Å²) < 4.78 is 0. The third-order valence-electron chi connectivity index (χ3n) is 2.66. The standard InChI is InChI=1S/C12H23NO/c1-7-11(4,5)9-12(6,8-2)13-10(3)14/h7H,1,8-9H2,2-6H3,(H,13,14). The summed E-state index contributed by atoms with van der Waals surface area (Å²) in [4.78, 5) is 11.1. The van der Waals surface area contributed by atoms with Crippen molar-refractivity contribution in [2.75, 3.05) is 0 Å². The van der Waals surface area contributed by atoms with Gasteiger partial charge in [-0.2, -0.15) is 0 Å². The number of carbonyl (C=O) groups excluding carboxylic acids is 1. The molecule has 0 saturated heterocycles. The fourth-order valence-electron chi connectivity index (χ4n) is 1.76. The van der Waals surface area contributed by atoms with Crippen molar-refractivity contribution in [3.63, 3.8) is 0 Å². The minimum atomic E-state index is -0.122. The fraction of sp³-hybridized carbons (Fsp3) is 0.750. The van der Waals surface area contributed by atoms with Crippen LogP contribution in [-0.4, -0.2) is 11.4 Å². The fourth-order valence-corrected chi connectivity index (χ4v) is 1.76. The SMILES string of the molecule is C=CC(C)(C)CC(C)(CC)NC(C)=O. The third-order valence-corrected chi connectivity index (χ3v) is 2.66. The molecule has 0 aliphatic heterocycles. The van der Waals surface area contributed by atoms with Gasteiger partial charge in [-0.1, -0.05) is 26.8 Å². The first-order valence-corrected chi connectivity index (χ1v) is 5.17. The molecule has 1 amide bonds. The molecule has 0 spiro atoms. The molecular weight excluding hydrogens is 174 g/mol. The Bertz CT molecular complexity index is 220. The van der Waals surface area contributed by atoms with Crippen molar-refractivity contribution < 1.29 is 4.79 Å². The molecule has 2 nitrogen and oxygen atoms in total. The van der Waals surface area contributed by atoms with Crippen LogP contribution in [0.2, 0.25) is 0 Å². The van der Waals surface area contributed by atoms with E-state index in [4.69, 9.17) is 0 Å². The van der Waals surface area contributed by atoms with Gasteiger partial charge in [0.1, 0.15) is 0 Å². The number of allylic oxidation sites excluding steroid dienone is 1. The quantitative estimate of drug-likeness (QED) is 0.675. The lowest BCUT2D eigenvalue weighted by Gasteiger charge is -2.36. The summed E-state index contributed by atoms with van der Waals surface area (Å²) in [6, 6.07) is 0. The van der Waals surface area contributed by atoms with Gasteiger partial charge in [0.2, 0.25) is 5.91 Å². The highest BCUT2D eigenvalue weighted by molar-refractivity contribution is 5.73. The van der Waals surface area contributed by atoms with Gasteiger partial charge in [-0.3, -0.25) is 4.79 Å². The minimum Gasteiger partial charge on any atom is -0.351 e. The first kappa shape index (κ1) is 13.2. The van der Waals surface area contributed by atoms with E-state index in [9.17, 15) is 4.79 Å². The van der Waals surface area contributed by atoms with Crippen molar-refractivity contribution >= 4 is 5.91 Å². The van der Waals surface area contributed by atoms with E-state index >= 15 is 0 Å². The van der Waals surface area contributed by atoms with Crippen molar-refractivity contribution in [2.24, 2.45) is 5.41 Å². The largest absolute Gasteiger partial charge is 0.351 e. The van der Waals surface area contributed by atoms with Gasteiger partial charge in [0.05, 0.1) is 0 Å². The molecule has 1 N–H and O–H groups in total. The lowest BCUT2D eigenvalue weighted by Crippen LogP contribution is -2.47. The molecule has 0 saturated carbocycles. The van der Waals surface area contributed by atoms with E-state index < -0.39 is 0 Å². The monoisotopic (exact) mass is 197 g/mol. The summed E-state index contributed by atoms with van der Waals surface area (Å²) in [7, 11) is 0. The Morgan fingerprint density at radius 1 is 1.43 bits per heavy atom. The molecule has 2 heteroatoms. The van der Waals surface area contributed by atoms with E-state index in [0.29, 0.717) is 0 Å². The predicted octanol–water partition coefficient (Wildman–Crippen LogP) is 2.89. The average molecular weight is 197 g/mol. The topological polar surface area (TPSA) is 29.1 Å². The maximum Gasteiger partial charge on any atom is 0.217 e. The first-order valence-electron chi connectivity index (χ1n) is 5.17. The van der Waals surface area contributed by atoms with Crippen molar-refractivity contribution in [3.8, 4) is 0 Å². The normalized spacial score (nSPS) is 15.8.